The second-order valence-corrected chi connectivity index (χ2v) is 6.78. The second-order valence-electron chi connectivity index (χ2n) is 3.51. The third-order valence-electron chi connectivity index (χ3n) is 2.04. The third-order valence-corrected chi connectivity index (χ3v) is 3.96. The van der Waals surface area contributed by atoms with E-state index < -0.39 is 10.0 Å². The standard InChI is InChI=1S/C10H8ClNO3S2/c1-17(14,15)12-9-3-6-2-7(5-13)16-10(6)4-8(9)11/h2-5,12H,1H3. The van der Waals surface area contributed by atoms with Gasteiger partial charge in [0, 0.05) is 4.70 Å². The van der Waals surface area contributed by atoms with Crippen LogP contribution in [-0.2, 0) is 10.0 Å². The largest absolute Gasteiger partial charge is 0.297 e. The van der Waals surface area contributed by atoms with Crippen molar-refractivity contribution < 1.29 is 13.2 Å². The van der Waals surface area contributed by atoms with Crippen LogP contribution in [0.2, 0.25) is 5.02 Å². The molecule has 7 heteroatoms. The highest BCUT2D eigenvalue weighted by Gasteiger charge is 2.10. The van der Waals surface area contributed by atoms with E-state index in [9.17, 15) is 13.2 Å². The van der Waals surface area contributed by atoms with Gasteiger partial charge < -0.3 is 0 Å². The van der Waals surface area contributed by atoms with Crippen molar-refractivity contribution in [2.75, 3.05) is 11.0 Å². The fraction of sp³-hybridized carbons (Fsp3) is 0.100. The van der Waals surface area contributed by atoms with Crippen LogP contribution in [0.5, 0.6) is 0 Å². The molecule has 0 spiro atoms. The number of anilines is 1. The van der Waals surface area contributed by atoms with Crippen LogP contribution in [0.25, 0.3) is 10.1 Å². The molecule has 0 fully saturated rings. The Hall–Kier alpha value is -1.11. The first-order chi connectivity index (χ1) is 7.89. The van der Waals surface area contributed by atoms with E-state index in [1.165, 1.54) is 11.3 Å². The summed E-state index contributed by atoms with van der Waals surface area (Å²) in [5, 5.41) is 1.09. The number of nitrogens with one attached hydrogen (secondary N) is 1. The molecule has 1 aromatic heterocycles. The van der Waals surface area contributed by atoms with Crippen LogP contribution in [0.1, 0.15) is 9.67 Å². The zero-order valence-electron chi connectivity index (χ0n) is 8.73. The number of hydrogen-bond acceptors (Lipinski definition) is 4. The first-order valence-electron chi connectivity index (χ1n) is 4.55. The number of halogens is 1. The maximum atomic E-state index is 11.1. The minimum absolute atomic E-state index is 0.308. The lowest BCUT2D eigenvalue weighted by atomic mass is 10.2. The number of benzene rings is 1. The molecule has 1 aromatic carbocycles. The number of sulfonamides is 1. The molecule has 2 aromatic rings. The number of carbonyl (C=O) groups excluding carboxylic acids is 1. The summed E-state index contributed by atoms with van der Waals surface area (Å²) in [6.45, 7) is 0. The summed E-state index contributed by atoms with van der Waals surface area (Å²) >= 11 is 7.26. The summed E-state index contributed by atoms with van der Waals surface area (Å²) in [5.74, 6) is 0. The average Bonchev–Trinajstić information content (AvgIpc) is 2.58. The molecule has 0 unspecified atom stereocenters. The highest BCUT2D eigenvalue weighted by Crippen LogP contribution is 2.33. The molecule has 0 amide bonds. The number of fused-ring (bicyclic) bond motifs is 1. The van der Waals surface area contributed by atoms with Crippen LogP contribution in [0.4, 0.5) is 5.69 Å². The number of carbonyl (C=O) groups is 1. The molecule has 0 aliphatic rings. The molecule has 17 heavy (non-hydrogen) atoms. The van der Waals surface area contributed by atoms with E-state index in [1.807, 2.05) is 0 Å². The lowest BCUT2D eigenvalue weighted by Crippen LogP contribution is -2.09. The summed E-state index contributed by atoms with van der Waals surface area (Å²) in [7, 11) is -3.37. The van der Waals surface area contributed by atoms with E-state index in [-0.39, 0.29) is 0 Å². The van der Waals surface area contributed by atoms with E-state index >= 15 is 0 Å². The minimum Gasteiger partial charge on any atom is -0.297 e. The van der Waals surface area contributed by atoms with Gasteiger partial charge in [-0.05, 0) is 23.6 Å². The summed E-state index contributed by atoms with van der Waals surface area (Å²) in [4.78, 5) is 11.2. The molecular weight excluding hydrogens is 282 g/mol. The van der Waals surface area contributed by atoms with Crippen molar-refractivity contribution >= 4 is 55.0 Å². The van der Waals surface area contributed by atoms with Crippen LogP contribution in [0.3, 0.4) is 0 Å². The predicted octanol–water partition coefficient (Wildman–Crippen LogP) is 2.74. The van der Waals surface area contributed by atoms with E-state index in [0.29, 0.717) is 15.6 Å². The Labute approximate surface area is 107 Å². The molecule has 0 radical (unpaired) electrons. The van der Waals surface area contributed by atoms with Crippen LogP contribution in [-0.4, -0.2) is 21.0 Å². The normalized spacial score (nSPS) is 11.6. The zero-order chi connectivity index (χ0) is 12.6. The summed E-state index contributed by atoms with van der Waals surface area (Å²) in [6, 6.07) is 4.95. The van der Waals surface area contributed by atoms with Crippen LogP contribution in [0.15, 0.2) is 18.2 Å². The van der Waals surface area contributed by atoms with Crippen LogP contribution in [0, 0.1) is 0 Å². The Bertz CT molecular complexity index is 691. The molecule has 0 aliphatic carbocycles. The number of hydrogen-bond donors (Lipinski definition) is 1. The molecule has 0 bridgehead atoms. The molecular formula is C10H8ClNO3S2. The lowest BCUT2D eigenvalue weighted by Gasteiger charge is -2.05. The highest BCUT2D eigenvalue weighted by atomic mass is 35.5. The molecule has 0 saturated carbocycles. The predicted molar refractivity (Wildman–Crippen MR) is 70.7 cm³/mol. The fourth-order valence-corrected chi connectivity index (χ4v) is 3.22. The van der Waals surface area contributed by atoms with E-state index in [4.69, 9.17) is 11.6 Å². The maximum Gasteiger partial charge on any atom is 0.229 e. The highest BCUT2D eigenvalue weighted by molar-refractivity contribution is 7.92. The third kappa shape index (κ3) is 2.77. The van der Waals surface area contributed by atoms with E-state index in [1.54, 1.807) is 18.2 Å². The molecule has 1 N–H and O–H groups in total. The van der Waals surface area contributed by atoms with Crippen LogP contribution >= 0.6 is 22.9 Å². The Kier molecular flexibility index (Phi) is 3.11. The quantitative estimate of drug-likeness (QED) is 0.884. The van der Waals surface area contributed by atoms with Crippen molar-refractivity contribution in [3.8, 4) is 0 Å². The molecule has 0 atom stereocenters. The van der Waals surface area contributed by atoms with Gasteiger partial charge in [-0.3, -0.25) is 9.52 Å². The lowest BCUT2D eigenvalue weighted by molar-refractivity contribution is 0.112. The van der Waals surface area contributed by atoms with Gasteiger partial charge in [0.15, 0.2) is 6.29 Å². The molecule has 0 saturated heterocycles. The fourth-order valence-electron chi connectivity index (χ4n) is 1.42. The van der Waals surface area contributed by atoms with Crippen molar-refractivity contribution in [2.45, 2.75) is 0 Å². The number of aldehydes is 1. The van der Waals surface area contributed by atoms with Crippen molar-refractivity contribution in [1.82, 2.24) is 0 Å². The topological polar surface area (TPSA) is 63.2 Å². The van der Waals surface area contributed by atoms with Gasteiger partial charge >= 0.3 is 0 Å². The van der Waals surface area contributed by atoms with Gasteiger partial charge in [0.2, 0.25) is 10.0 Å². The van der Waals surface area contributed by atoms with Crippen LogP contribution < -0.4 is 4.72 Å². The van der Waals surface area contributed by atoms with E-state index in [0.717, 1.165) is 22.6 Å². The summed E-state index contributed by atoms with van der Waals surface area (Å²) < 4.78 is 25.4. The minimum atomic E-state index is -3.37. The Morgan fingerprint density at radius 3 is 2.65 bits per heavy atom. The van der Waals surface area contributed by atoms with Gasteiger partial charge in [-0.15, -0.1) is 11.3 Å². The first-order valence-corrected chi connectivity index (χ1v) is 7.64. The van der Waals surface area contributed by atoms with Crippen molar-refractivity contribution in [3.63, 3.8) is 0 Å². The first kappa shape index (κ1) is 12.3. The Morgan fingerprint density at radius 2 is 2.06 bits per heavy atom. The maximum absolute atomic E-state index is 11.1. The second kappa shape index (κ2) is 4.29. The van der Waals surface area contributed by atoms with Crippen molar-refractivity contribution in [3.05, 3.63) is 28.1 Å². The molecule has 2 rings (SSSR count). The molecule has 1 heterocycles. The van der Waals surface area contributed by atoms with Crippen molar-refractivity contribution in [2.24, 2.45) is 0 Å². The molecule has 0 aliphatic heterocycles. The van der Waals surface area contributed by atoms with E-state index in [2.05, 4.69) is 4.72 Å². The van der Waals surface area contributed by atoms with Gasteiger partial charge in [0.05, 0.1) is 21.8 Å². The summed E-state index contributed by atoms with van der Waals surface area (Å²) in [6.07, 6.45) is 1.81. The zero-order valence-corrected chi connectivity index (χ0v) is 11.1. The SMILES string of the molecule is CS(=O)(=O)Nc1cc2cc(C=O)sc2cc1Cl. The Balaban J connectivity index is 2.58. The van der Waals surface area contributed by atoms with Gasteiger partial charge in [0.25, 0.3) is 0 Å². The van der Waals surface area contributed by atoms with Gasteiger partial charge in [-0.1, -0.05) is 11.6 Å². The van der Waals surface area contributed by atoms with Gasteiger partial charge in [0.1, 0.15) is 0 Å². The van der Waals surface area contributed by atoms with Gasteiger partial charge in [-0.2, -0.15) is 0 Å². The van der Waals surface area contributed by atoms with Crippen molar-refractivity contribution in [1.29, 1.82) is 0 Å². The Morgan fingerprint density at radius 1 is 1.35 bits per heavy atom. The molecule has 4 nitrogen and oxygen atoms in total. The average molecular weight is 290 g/mol. The van der Waals surface area contributed by atoms with Gasteiger partial charge in [-0.25, -0.2) is 8.42 Å². The monoisotopic (exact) mass is 289 g/mol. The summed E-state index contributed by atoms with van der Waals surface area (Å²) in [5.41, 5.74) is 0.317. The number of rotatable bonds is 3. The smallest absolute Gasteiger partial charge is 0.229 e. The number of thiophene rings is 1. The molecule has 90 valence electrons.